The summed E-state index contributed by atoms with van der Waals surface area (Å²) in [4.78, 5) is 0. The molecule has 0 saturated heterocycles. The van der Waals surface area contributed by atoms with Crippen molar-refractivity contribution < 1.29 is 0 Å². The van der Waals surface area contributed by atoms with Crippen LogP contribution in [0.3, 0.4) is 0 Å². The topological polar surface area (TPSA) is 0 Å². The summed E-state index contributed by atoms with van der Waals surface area (Å²) in [5.74, 6) is 0. The number of aryl methyl sites for hydroxylation is 2. The third-order valence-electron chi connectivity index (χ3n) is 5.10. The molecule has 0 N–H and O–H groups in total. The van der Waals surface area contributed by atoms with Gasteiger partial charge in [0.05, 0.1) is 0 Å². The first-order valence-electron chi connectivity index (χ1n) is 7.72. The monoisotopic (exact) mass is 260 g/mol. The van der Waals surface area contributed by atoms with Gasteiger partial charge in [0, 0.05) is 5.41 Å². The van der Waals surface area contributed by atoms with Crippen LogP contribution in [0.25, 0.3) is 0 Å². The van der Waals surface area contributed by atoms with E-state index in [0.29, 0.717) is 0 Å². The van der Waals surface area contributed by atoms with Crippen molar-refractivity contribution in [2.75, 3.05) is 0 Å². The van der Waals surface area contributed by atoms with Crippen LogP contribution in [0.5, 0.6) is 0 Å². The molecule has 20 heavy (non-hydrogen) atoms. The van der Waals surface area contributed by atoms with E-state index in [4.69, 9.17) is 0 Å². The molecule has 2 aliphatic rings. The fourth-order valence-corrected chi connectivity index (χ4v) is 4.15. The molecule has 2 aromatic carbocycles. The highest BCUT2D eigenvalue weighted by molar-refractivity contribution is 5.50. The second-order valence-electron chi connectivity index (χ2n) is 6.11. The van der Waals surface area contributed by atoms with Gasteiger partial charge >= 0.3 is 0 Å². The first-order chi connectivity index (χ1) is 9.90. The number of fused-ring (bicyclic) bond motifs is 4. The van der Waals surface area contributed by atoms with Gasteiger partial charge < -0.3 is 0 Å². The van der Waals surface area contributed by atoms with Gasteiger partial charge in [-0.2, -0.15) is 0 Å². The zero-order valence-electron chi connectivity index (χ0n) is 11.8. The summed E-state index contributed by atoms with van der Waals surface area (Å²) in [5.41, 5.74) is 6.49. The average Bonchev–Trinajstić information content (AvgIpc) is 2.66. The molecular weight excluding hydrogens is 240 g/mol. The van der Waals surface area contributed by atoms with Gasteiger partial charge in [-0.1, -0.05) is 60.7 Å². The molecule has 0 radical (unpaired) electrons. The molecule has 0 fully saturated rings. The maximum atomic E-state index is 2.39. The Bertz CT molecular complexity index is 616. The lowest BCUT2D eigenvalue weighted by Crippen LogP contribution is -2.30. The number of hydrogen-bond acceptors (Lipinski definition) is 0. The summed E-state index contributed by atoms with van der Waals surface area (Å²) in [5, 5.41) is 0. The first-order valence-corrected chi connectivity index (χ1v) is 7.72. The molecule has 0 nitrogen and oxygen atoms in total. The fraction of sp³-hybridized carbons (Fsp3) is 0.300. The molecule has 0 heteroatoms. The molecule has 2 aromatic rings. The van der Waals surface area contributed by atoms with E-state index in [2.05, 4.69) is 60.7 Å². The Balaban J connectivity index is 2.01. The van der Waals surface area contributed by atoms with Crippen LogP contribution in [0.15, 0.2) is 60.7 Å². The highest BCUT2D eigenvalue weighted by Crippen LogP contribution is 2.47. The second kappa shape index (κ2) is 4.63. The van der Waals surface area contributed by atoms with E-state index in [9.17, 15) is 0 Å². The van der Waals surface area contributed by atoms with Gasteiger partial charge in [0.2, 0.25) is 0 Å². The van der Waals surface area contributed by atoms with Crippen LogP contribution >= 0.6 is 0 Å². The molecule has 0 bridgehead atoms. The summed E-state index contributed by atoms with van der Waals surface area (Å²) >= 11 is 0. The minimum Gasteiger partial charge on any atom is -0.0885 e. The summed E-state index contributed by atoms with van der Waals surface area (Å²) in [6, 6.07) is 18.2. The van der Waals surface area contributed by atoms with Crippen molar-refractivity contribution in [1.82, 2.24) is 0 Å². The molecule has 0 saturated carbocycles. The molecule has 0 heterocycles. The van der Waals surface area contributed by atoms with E-state index in [1.807, 2.05) is 0 Å². The maximum Gasteiger partial charge on any atom is 0.0245 e. The van der Waals surface area contributed by atoms with Crippen molar-refractivity contribution in [2.45, 2.75) is 37.5 Å². The Morgan fingerprint density at radius 1 is 0.700 bits per heavy atom. The Morgan fingerprint density at radius 3 is 1.85 bits per heavy atom. The van der Waals surface area contributed by atoms with E-state index in [0.717, 1.165) is 6.42 Å². The first kappa shape index (κ1) is 12.0. The van der Waals surface area contributed by atoms with Crippen molar-refractivity contribution >= 4 is 0 Å². The van der Waals surface area contributed by atoms with Crippen molar-refractivity contribution in [3.63, 3.8) is 0 Å². The van der Waals surface area contributed by atoms with Gasteiger partial charge in [-0.3, -0.25) is 0 Å². The Kier molecular flexibility index (Phi) is 2.77. The highest BCUT2D eigenvalue weighted by atomic mass is 14.4. The van der Waals surface area contributed by atoms with Crippen LogP contribution in [0.2, 0.25) is 0 Å². The van der Waals surface area contributed by atoms with Crippen molar-refractivity contribution in [2.24, 2.45) is 0 Å². The lowest BCUT2D eigenvalue weighted by atomic mass is 9.66. The summed E-state index contributed by atoms with van der Waals surface area (Å²) < 4.78 is 0. The van der Waals surface area contributed by atoms with Gasteiger partial charge in [0.25, 0.3) is 0 Å². The lowest BCUT2D eigenvalue weighted by Gasteiger charge is -2.37. The molecule has 0 atom stereocenters. The number of rotatable bonds is 0. The van der Waals surface area contributed by atoms with Crippen molar-refractivity contribution in [3.05, 3.63) is 82.9 Å². The molecule has 0 aromatic heterocycles. The second-order valence-corrected chi connectivity index (χ2v) is 6.11. The molecule has 4 rings (SSSR count). The fourth-order valence-electron chi connectivity index (χ4n) is 4.15. The number of benzene rings is 2. The van der Waals surface area contributed by atoms with E-state index < -0.39 is 0 Å². The zero-order chi connectivity index (χ0) is 13.4. The minimum absolute atomic E-state index is 0.221. The smallest absolute Gasteiger partial charge is 0.0245 e. The molecule has 1 spiro atoms. The Hall–Kier alpha value is -1.82. The summed E-state index contributed by atoms with van der Waals surface area (Å²) in [7, 11) is 0. The van der Waals surface area contributed by atoms with Gasteiger partial charge in [-0.15, -0.1) is 0 Å². The largest absolute Gasteiger partial charge is 0.0885 e. The van der Waals surface area contributed by atoms with Gasteiger partial charge in [0.15, 0.2) is 0 Å². The third-order valence-corrected chi connectivity index (χ3v) is 5.10. The third kappa shape index (κ3) is 1.67. The zero-order valence-corrected chi connectivity index (χ0v) is 11.8. The van der Waals surface area contributed by atoms with Crippen molar-refractivity contribution in [1.29, 1.82) is 0 Å². The normalized spacial score (nSPS) is 19.2. The molecular formula is C20H20. The summed E-state index contributed by atoms with van der Waals surface area (Å²) in [6.45, 7) is 0. The van der Waals surface area contributed by atoms with E-state index >= 15 is 0 Å². The molecule has 2 aliphatic carbocycles. The van der Waals surface area contributed by atoms with Crippen LogP contribution in [0, 0.1) is 0 Å². The van der Waals surface area contributed by atoms with Gasteiger partial charge in [-0.25, -0.2) is 0 Å². The maximum absolute atomic E-state index is 2.39. The van der Waals surface area contributed by atoms with Gasteiger partial charge in [0.1, 0.15) is 0 Å². The highest BCUT2D eigenvalue weighted by Gasteiger charge is 2.38. The van der Waals surface area contributed by atoms with Crippen LogP contribution < -0.4 is 0 Å². The van der Waals surface area contributed by atoms with Gasteiger partial charge in [-0.05, 0) is 54.4 Å². The summed E-state index contributed by atoms with van der Waals surface area (Å²) in [6.07, 6.45) is 10.7. The molecule has 0 unspecified atom stereocenters. The quantitative estimate of drug-likeness (QED) is 0.596. The number of hydrogen-bond donors (Lipinski definition) is 0. The SMILES string of the molecule is C1=CCC2(CC1)c1ccccc1CCc1ccccc12. The average molecular weight is 260 g/mol. The molecule has 0 aliphatic heterocycles. The van der Waals surface area contributed by atoms with E-state index in [-0.39, 0.29) is 5.41 Å². The molecule has 0 amide bonds. The Morgan fingerprint density at radius 2 is 1.30 bits per heavy atom. The standard InChI is InChI=1S/C20H20/c1-6-14-20(15-7-1)18-10-4-2-8-16(18)12-13-17-9-3-5-11-19(17)20/h1-6,8-11H,7,12-15H2. The number of allylic oxidation sites excluding steroid dienone is 2. The van der Waals surface area contributed by atoms with Crippen LogP contribution in [0.4, 0.5) is 0 Å². The van der Waals surface area contributed by atoms with E-state index in [1.165, 1.54) is 25.7 Å². The predicted octanol–water partition coefficient (Wildman–Crippen LogP) is 4.81. The lowest BCUT2D eigenvalue weighted by molar-refractivity contribution is 0.463. The van der Waals surface area contributed by atoms with Crippen LogP contribution in [-0.4, -0.2) is 0 Å². The minimum atomic E-state index is 0.221. The molecule has 100 valence electrons. The van der Waals surface area contributed by atoms with Crippen LogP contribution in [0.1, 0.15) is 41.5 Å². The van der Waals surface area contributed by atoms with Crippen LogP contribution in [-0.2, 0) is 18.3 Å². The predicted molar refractivity (Wildman–Crippen MR) is 84.1 cm³/mol. The Labute approximate surface area is 121 Å². The van der Waals surface area contributed by atoms with Crippen molar-refractivity contribution in [3.8, 4) is 0 Å². The van der Waals surface area contributed by atoms with E-state index in [1.54, 1.807) is 22.3 Å².